The van der Waals surface area contributed by atoms with E-state index in [4.69, 9.17) is 0 Å². The summed E-state index contributed by atoms with van der Waals surface area (Å²) in [6.45, 7) is 0.894. The van der Waals surface area contributed by atoms with Gasteiger partial charge in [-0.1, -0.05) is 30.3 Å². The van der Waals surface area contributed by atoms with Crippen LogP contribution in [0.15, 0.2) is 69.8 Å². The van der Waals surface area contributed by atoms with E-state index in [0.29, 0.717) is 5.96 Å². The summed E-state index contributed by atoms with van der Waals surface area (Å²) in [5.41, 5.74) is 3.20. The number of alkyl halides is 1. The first kappa shape index (κ1) is 17.6. The third-order valence-corrected chi connectivity index (χ3v) is 4.80. The van der Waals surface area contributed by atoms with Gasteiger partial charge in [-0.15, -0.1) is 10.2 Å². The van der Waals surface area contributed by atoms with Crippen LogP contribution in [0, 0.1) is 0 Å². The van der Waals surface area contributed by atoms with Gasteiger partial charge < -0.3 is 5.32 Å². The number of benzene rings is 2. The Kier molecular flexibility index (Phi) is 5.78. The summed E-state index contributed by atoms with van der Waals surface area (Å²) in [7, 11) is 3.83. The van der Waals surface area contributed by atoms with E-state index in [1.165, 1.54) is 5.56 Å². The van der Waals surface area contributed by atoms with Gasteiger partial charge >= 0.3 is 0 Å². The molecule has 0 amide bonds. The molecule has 2 aromatic carbocycles. The molecule has 0 aromatic heterocycles. The summed E-state index contributed by atoms with van der Waals surface area (Å²) in [4.78, 5) is 4.36. The molecule has 1 aliphatic rings. The zero-order valence-electron chi connectivity index (χ0n) is 14.3. The lowest BCUT2D eigenvalue weighted by atomic mass is 10.1. The van der Waals surface area contributed by atoms with Crippen molar-refractivity contribution in [3.05, 3.63) is 60.2 Å². The molecule has 0 bridgehead atoms. The smallest absolute Gasteiger partial charge is 0.257 e. The minimum Gasteiger partial charge on any atom is -0.385 e. The number of nitrogens with one attached hydrogen (secondary N) is 1. The number of hydrazine groups is 1. The van der Waals surface area contributed by atoms with E-state index in [9.17, 15) is 0 Å². The van der Waals surface area contributed by atoms with E-state index in [2.05, 4.69) is 60.7 Å². The summed E-state index contributed by atoms with van der Waals surface area (Å²) in [6, 6.07) is 18.4. The normalized spacial score (nSPS) is 18.0. The lowest BCUT2D eigenvalue weighted by Crippen LogP contribution is -2.36. The Labute approximate surface area is 156 Å². The molecule has 1 aliphatic heterocycles. The van der Waals surface area contributed by atoms with Crippen LogP contribution >= 0.6 is 15.9 Å². The van der Waals surface area contributed by atoms with E-state index < -0.39 is 0 Å². The molecule has 25 heavy (non-hydrogen) atoms. The standard InChI is InChI=1S/C18H21BrN6/c1-24-17(19)21-18(25(24)2)23-22-16-10-8-15(9-11-16)20-13-12-14-6-4-3-5-7-14/h3-11,17,20H,12-13H2,1-2H3. The van der Waals surface area contributed by atoms with Crippen molar-refractivity contribution in [3.63, 3.8) is 0 Å². The SMILES string of the molecule is CN1C(N=Nc2ccc(NCCc3ccccc3)cc2)=NC(Br)N1C. The summed E-state index contributed by atoms with van der Waals surface area (Å²) < 4.78 is 0. The molecule has 1 heterocycles. The van der Waals surface area contributed by atoms with Crippen LogP contribution in [0.5, 0.6) is 0 Å². The molecule has 1 atom stereocenters. The first-order chi connectivity index (χ1) is 12.1. The molecule has 130 valence electrons. The zero-order valence-corrected chi connectivity index (χ0v) is 15.9. The topological polar surface area (TPSA) is 55.6 Å². The summed E-state index contributed by atoms with van der Waals surface area (Å²) >= 11 is 3.45. The van der Waals surface area contributed by atoms with E-state index in [-0.39, 0.29) is 5.08 Å². The maximum atomic E-state index is 4.36. The van der Waals surface area contributed by atoms with Gasteiger partial charge in [-0.05, 0) is 52.2 Å². The van der Waals surface area contributed by atoms with Crippen LogP contribution in [-0.2, 0) is 6.42 Å². The van der Waals surface area contributed by atoms with Gasteiger partial charge in [0, 0.05) is 26.3 Å². The van der Waals surface area contributed by atoms with Gasteiger partial charge in [0.2, 0.25) is 0 Å². The van der Waals surface area contributed by atoms with Crippen LogP contribution in [0.1, 0.15) is 5.56 Å². The summed E-state index contributed by atoms with van der Waals surface area (Å²) in [5, 5.41) is 15.6. The molecule has 0 radical (unpaired) electrons. The molecular formula is C18H21BrN6. The van der Waals surface area contributed by atoms with Crippen molar-refractivity contribution in [1.82, 2.24) is 10.0 Å². The second-order valence-electron chi connectivity index (χ2n) is 5.75. The molecular weight excluding hydrogens is 380 g/mol. The van der Waals surface area contributed by atoms with Crippen molar-refractivity contribution in [1.29, 1.82) is 0 Å². The largest absolute Gasteiger partial charge is 0.385 e. The van der Waals surface area contributed by atoms with Crippen molar-refractivity contribution in [2.75, 3.05) is 26.0 Å². The minimum atomic E-state index is -0.0948. The second-order valence-corrected chi connectivity index (χ2v) is 6.57. The number of aliphatic imine (C=N–C) groups is 1. The van der Waals surface area contributed by atoms with Crippen molar-refractivity contribution < 1.29 is 0 Å². The first-order valence-corrected chi connectivity index (χ1v) is 9.03. The molecule has 7 heteroatoms. The highest BCUT2D eigenvalue weighted by atomic mass is 79.9. The maximum absolute atomic E-state index is 4.36. The van der Waals surface area contributed by atoms with E-state index >= 15 is 0 Å². The summed E-state index contributed by atoms with van der Waals surface area (Å²) in [5.74, 6) is 0.578. The Hall–Kier alpha value is -2.25. The fraction of sp³-hybridized carbons (Fsp3) is 0.278. The average molecular weight is 401 g/mol. The summed E-state index contributed by atoms with van der Waals surface area (Å²) in [6.07, 6.45) is 0.996. The number of nitrogens with zero attached hydrogens (tertiary/aromatic N) is 5. The lowest BCUT2D eigenvalue weighted by Gasteiger charge is -2.21. The quantitative estimate of drug-likeness (QED) is 0.463. The predicted molar refractivity (Wildman–Crippen MR) is 105 cm³/mol. The second kappa shape index (κ2) is 8.22. The Bertz CT molecular complexity index is 744. The van der Waals surface area contributed by atoms with Crippen molar-refractivity contribution in [2.24, 2.45) is 15.2 Å². The average Bonchev–Trinajstić information content (AvgIpc) is 2.89. The van der Waals surface area contributed by atoms with Gasteiger partial charge in [0.05, 0.1) is 5.69 Å². The molecule has 1 N–H and O–H groups in total. The molecule has 0 saturated heterocycles. The van der Waals surface area contributed by atoms with Gasteiger partial charge in [-0.3, -0.25) is 5.01 Å². The number of anilines is 1. The van der Waals surface area contributed by atoms with Crippen LogP contribution in [0.25, 0.3) is 0 Å². The molecule has 0 saturated carbocycles. The lowest BCUT2D eigenvalue weighted by molar-refractivity contribution is 0.122. The maximum Gasteiger partial charge on any atom is 0.257 e. The van der Waals surface area contributed by atoms with Gasteiger partial charge in [0.15, 0.2) is 5.08 Å². The molecule has 0 fully saturated rings. The van der Waals surface area contributed by atoms with Gasteiger partial charge in [0.1, 0.15) is 0 Å². The molecule has 0 aliphatic carbocycles. The molecule has 3 rings (SSSR count). The van der Waals surface area contributed by atoms with Crippen LogP contribution in [0.3, 0.4) is 0 Å². The van der Waals surface area contributed by atoms with E-state index in [1.807, 2.05) is 54.4 Å². The third-order valence-electron chi connectivity index (χ3n) is 4.00. The van der Waals surface area contributed by atoms with Crippen molar-refractivity contribution in [3.8, 4) is 0 Å². The molecule has 1 unspecified atom stereocenters. The predicted octanol–water partition coefficient (Wildman–Crippen LogP) is 4.25. The number of hydrogen-bond acceptors (Lipinski definition) is 6. The van der Waals surface area contributed by atoms with Crippen molar-refractivity contribution >= 4 is 33.3 Å². The Morgan fingerprint density at radius 2 is 1.76 bits per heavy atom. The number of guanidine groups is 1. The van der Waals surface area contributed by atoms with E-state index in [0.717, 1.165) is 24.3 Å². The fourth-order valence-electron chi connectivity index (χ4n) is 2.38. The van der Waals surface area contributed by atoms with Gasteiger partial charge in [-0.2, -0.15) is 5.01 Å². The Morgan fingerprint density at radius 3 is 2.40 bits per heavy atom. The highest BCUT2D eigenvalue weighted by Gasteiger charge is 2.25. The molecule has 0 spiro atoms. The van der Waals surface area contributed by atoms with Crippen LogP contribution in [0.4, 0.5) is 11.4 Å². The van der Waals surface area contributed by atoms with Gasteiger partial charge in [0.25, 0.3) is 5.96 Å². The van der Waals surface area contributed by atoms with E-state index in [1.54, 1.807) is 0 Å². The van der Waals surface area contributed by atoms with Crippen LogP contribution in [0.2, 0.25) is 0 Å². The number of hydrogen-bond donors (Lipinski definition) is 1. The van der Waals surface area contributed by atoms with Crippen LogP contribution in [-0.4, -0.2) is 41.7 Å². The molecule has 2 aromatic rings. The number of halogens is 1. The number of rotatable bonds is 5. The highest BCUT2D eigenvalue weighted by molar-refractivity contribution is 9.09. The molecule has 6 nitrogen and oxygen atoms in total. The minimum absolute atomic E-state index is 0.0948. The highest BCUT2D eigenvalue weighted by Crippen LogP contribution is 2.20. The third kappa shape index (κ3) is 4.64. The monoisotopic (exact) mass is 400 g/mol. The Morgan fingerprint density at radius 1 is 1.04 bits per heavy atom. The number of azo groups is 1. The van der Waals surface area contributed by atoms with Crippen LogP contribution < -0.4 is 5.32 Å². The van der Waals surface area contributed by atoms with Crippen molar-refractivity contribution in [2.45, 2.75) is 11.5 Å². The first-order valence-electron chi connectivity index (χ1n) is 8.11. The van der Waals surface area contributed by atoms with Gasteiger partial charge in [-0.25, -0.2) is 4.99 Å². The zero-order chi connectivity index (χ0) is 17.6. The fourth-order valence-corrected chi connectivity index (χ4v) is 2.84. The Balaban J connectivity index is 1.52.